The van der Waals surface area contributed by atoms with Crippen molar-refractivity contribution in [1.82, 2.24) is 9.78 Å². The molecule has 0 bridgehead atoms. The maximum Gasteiger partial charge on any atom is 0.0946 e. The topological polar surface area (TPSA) is 43.8 Å². The number of hydrogen-bond donors (Lipinski definition) is 1. The standard InChI is InChI=1S/C9H11N3/c1-6-9-7(10)4-3-5-8(9)11-12(6)2/h3-5H,10H2,1-2H3. The first kappa shape index (κ1) is 7.16. The molecule has 0 aliphatic heterocycles. The molecular formula is C9H11N3. The minimum atomic E-state index is 0.804. The highest BCUT2D eigenvalue weighted by Crippen LogP contribution is 2.22. The second-order valence-corrected chi connectivity index (χ2v) is 2.95. The van der Waals surface area contributed by atoms with Crippen molar-refractivity contribution in [3.05, 3.63) is 23.9 Å². The zero-order valence-corrected chi connectivity index (χ0v) is 7.20. The third-order valence-corrected chi connectivity index (χ3v) is 2.18. The van der Waals surface area contributed by atoms with E-state index >= 15 is 0 Å². The normalized spacial score (nSPS) is 10.8. The summed E-state index contributed by atoms with van der Waals surface area (Å²) in [6.07, 6.45) is 0. The molecule has 0 radical (unpaired) electrons. The van der Waals surface area contributed by atoms with Crippen LogP contribution in [0.5, 0.6) is 0 Å². The summed E-state index contributed by atoms with van der Waals surface area (Å²) in [7, 11) is 1.93. The number of aromatic nitrogens is 2. The largest absolute Gasteiger partial charge is 0.398 e. The van der Waals surface area contributed by atoms with E-state index in [0.29, 0.717) is 0 Å². The summed E-state index contributed by atoms with van der Waals surface area (Å²) < 4.78 is 1.85. The number of nitrogens with zero attached hydrogens (tertiary/aromatic N) is 2. The molecule has 0 aliphatic rings. The van der Waals surface area contributed by atoms with Crippen molar-refractivity contribution in [2.45, 2.75) is 6.92 Å². The molecule has 3 nitrogen and oxygen atoms in total. The Balaban J connectivity index is 2.97. The van der Waals surface area contributed by atoms with Gasteiger partial charge in [-0.2, -0.15) is 5.10 Å². The van der Waals surface area contributed by atoms with Crippen LogP contribution in [0.2, 0.25) is 0 Å². The van der Waals surface area contributed by atoms with Crippen LogP contribution in [0.4, 0.5) is 5.69 Å². The number of aryl methyl sites for hydroxylation is 2. The average Bonchev–Trinajstić information content (AvgIpc) is 2.29. The van der Waals surface area contributed by atoms with Gasteiger partial charge in [0.15, 0.2) is 0 Å². The number of nitrogens with two attached hydrogens (primary N) is 1. The maximum absolute atomic E-state index is 5.82. The number of anilines is 1. The fourth-order valence-corrected chi connectivity index (χ4v) is 1.43. The van der Waals surface area contributed by atoms with Crippen LogP contribution in [0.3, 0.4) is 0 Å². The highest BCUT2D eigenvalue weighted by molar-refractivity contribution is 5.92. The molecule has 3 heteroatoms. The summed E-state index contributed by atoms with van der Waals surface area (Å²) >= 11 is 0. The van der Waals surface area contributed by atoms with Crippen LogP contribution >= 0.6 is 0 Å². The smallest absolute Gasteiger partial charge is 0.0946 e. The van der Waals surface area contributed by atoms with Crippen molar-refractivity contribution in [1.29, 1.82) is 0 Å². The molecule has 0 amide bonds. The van der Waals surface area contributed by atoms with Gasteiger partial charge in [0.25, 0.3) is 0 Å². The minimum absolute atomic E-state index is 0.804. The van der Waals surface area contributed by atoms with Gasteiger partial charge < -0.3 is 5.73 Å². The van der Waals surface area contributed by atoms with Gasteiger partial charge >= 0.3 is 0 Å². The molecule has 0 spiro atoms. The molecule has 0 fully saturated rings. The predicted molar refractivity (Wildman–Crippen MR) is 49.9 cm³/mol. The molecule has 0 atom stereocenters. The number of nitrogen functional groups attached to an aromatic ring is 1. The summed E-state index contributed by atoms with van der Waals surface area (Å²) in [6, 6.07) is 5.79. The molecule has 12 heavy (non-hydrogen) atoms. The number of hydrogen-bond acceptors (Lipinski definition) is 2. The zero-order chi connectivity index (χ0) is 8.72. The maximum atomic E-state index is 5.82. The van der Waals surface area contributed by atoms with E-state index in [9.17, 15) is 0 Å². The highest BCUT2D eigenvalue weighted by Gasteiger charge is 2.05. The van der Waals surface area contributed by atoms with Gasteiger partial charge in [0.1, 0.15) is 0 Å². The molecule has 0 saturated heterocycles. The van der Waals surface area contributed by atoms with Crippen molar-refractivity contribution in [2.75, 3.05) is 5.73 Å². The quantitative estimate of drug-likeness (QED) is 0.594. The van der Waals surface area contributed by atoms with Crippen molar-refractivity contribution in [2.24, 2.45) is 7.05 Å². The first-order valence-electron chi connectivity index (χ1n) is 3.88. The lowest BCUT2D eigenvalue weighted by molar-refractivity contribution is 0.751. The lowest BCUT2D eigenvalue weighted by Gasteiger charge is -1.95. The van der Waals surface area contributed by atoms with Crippen LogP contribution in [-0.2, 0) is 7.05 Å². The lowest BCUT2D eigenvalue weighted by Crippen LogP contribution is -1.92. The fourth-order valence-electron chi connectivity index (χ4n) is 1.43. The SMILES string of the molecule is Cc1c2c(N)cccc2nn1C. The van der Waals surface area contributed by atoms with Crippen LogP contribution in [0, 0.1) is 6.92 Å². The van der Waals surface area contributed by atoms with E-state index in [1.807, 2.05) is 36.9 Å². The first-order valence-corrected chi connectivity index (χ1v) is 3.88. The Labute approximate surface area is 70.8 Å². The first-order chi connectivity index (χ1) is 5.70. The second kappa shape index (κ2) is 2.24. The van der Waals surface area contributed by atoms with Gasteiger partial charge in [0, 0.05) is 23.8 Å². The Morgan fingerprint density at radius 1 is 1.42 bits per heavy atom. The highest BCUT2D eigenvalue weighted by atomic mass is 15.3. The van der Waals surface area contributed by atoms with Crippen LogP contribution < -0.4 is 5.73 Å². The molecule has 1 aromatic heterocycles. The van der Waals surface area contributed by atoms with Crippen molar-refractivity contribution >= 4 is 16.6 Å². The van der Waals surface area contributed by atoms with Crippen molar-refractivity contribution in [3.8, 4) is 0 Å². The third kappa shape index (κ3) is 0.794. The van der Waals surface area contributed by atoms with Crippen LogP contribution in [0.25, 0.3) is 10.9 Å². The van der Waals surface area contributed by atoms with E-state index < -0.39 is 0 Å². The molecule has 2 aromatic rings. The summed E-state index contributed by atoms with van der Waals surface area (Å²) in [4.78, 5) is 0. The fraction of sp³-hybridized carbons (Fsp3) is 0.222. The lowest BCUT2D eigenvalue weighted by atomic mass is 10.2. The van der Waals surface area contributed by atoms with Gasteiger partial charge in [0.05, 0.1) is 5.52 Å². The molecule has 2 rings (SSSR count). The van der Waals surface area contributed by atoms with E-state index in [-0.39, 0.29) is 0 Å². The Morgan fingerprint density at radius 2 is 2.17 bits per heavy atom. The molecule has 0 unspecified atom stereocenters. The molecule has 1 aromatic carbocycles. The van der Waals surface area contributed by atoms with E-state index in [2.05, 4.69) is 5.10 Å². The zero-order valence-electron chi connectivity index (χ0n) is 7.20. The van der Waals surface area contributed by atoms with Crippen molar-refractivity contribution in [3.63, 3.8) is 0 Å². The third-order valence-electron chi connectivity index (χ3n) is 2.18. The van der Waals surface area contributed by atoms with Crippen LogP contribution in [0.1, 0.15) is 5.69 Å². The second-order valence-electron chi connectivity index (χ2n) is 2.95. The van der Waals surface area contributed by atoms with Gasteiger partial charge in [0.2, 0.25) is 0 Å². The van der Waals surface area contributed by atoms with E-state index in [4.69, 9.17) is 5.73 Å². The van der Waals surface area contributed by atoms with Gasteiger partial charge in [-0.15, -0.1) is 0 Å². The summed E-state index contributed by atoms with van der Waals surface area (Å²) in [6.45, 7) is 2.02. The van der Waals surface area contributed by atoms with Gasteiger partial charge in [-0.05, 0) is 19.1 Å². The molecule has 1 heterocycles. The molecular weight excluding hydrogens is 150 g/mol. The van der Waals surface area contributed by atoms with E-state index in [1.54, 1.807) is 0 Å². The Morgan fingerprint density at radius 3 is 2.83 bits per heavy atom. The summed E-state index contributed by atoms with van der Waals surface area (Å²) in [5.41, 5.74) is 8.70. The predicted octanol–water partition coefficient (Wildman–Crippen LogP) is 1.46. The molecule has 2 N–H and O–H groups in total. The minimum Gasteiger partial charge on any atom is -0.398 e. The van der Waals surface area contributed by atoms with Gasteiger partial charge in [-0.3, -0.25) is 4.68 Å². The monoisotopic (exact) mass is 161 g/mol. The number of benzene rings is 1. The number of rotatable bonds is 0. The Kier molecular flexibility index (Phi) is 1.33. The summed E-state index contributed by atoms with van der Waals surface area (Å²) in [5.74, 6) is 0. The number of fused-ring (bicyclic) bond motifs is 1. The average molecular weight is 161 g/mol. The van der Waals surface area contributed by atoms with Crippen LogP contribution in [-0.4, -0.2) is 9.78 Å². The van der Waals surface area contributed by atoms with Gasteiger partial charge in [-0.1, -0.05) is 6.07 Å². The van der Waals surface area contributed by atoms with E-state index in [1.165, 1.54) is 0 Å². The van der Waals surface area contributed by atoms with Crippen molar-refractivity contribution < 1.29 is 0 Å². The molecule has 62 valence electrons. The van der Waals surface area contributed by atoms with Crippen LogP contribution in [0.15, 0.2) is 18.2 Å². The molecule has 0 aliphatic carbocycles. The van der Waals surface area contributed by atoms with E-state index in [0.717, 1.165) is 22.3 Å². The Hall–Kier alpha value is -1.51. The van der Waals surface area contributed by atoms with Gasteiger partial charge in [-0.25, -0.2) is 0 Å². The Bertz CT molecular complexity index is 429. The summed E-state index contributed by atoms with van der Waals surface area (Å²) in [5, 5.41) is 5.38. The molecule has 0 saturated carbocycles.